The van der Waals surface area contributed by atoms with Crippen molar-refractivity contribution < 1.29 is 5.11 Å². The quantitative estimate of drug-likeness (QED) is 0.861. The third kappa shape index (κ3) is 2.70. The lowest BCUT2D eigenvalue weighted by Crippen LogP contribution is -2.39. The van der Waals surface area contributed by atoms with Crippen molar-refractivity contribution in [2.24, 2.45) is 5.92 Å². The molecule has 2 aromatic carbocycles. The summed E-state index contributed by atoms with van der Waals surface area (Å²) in [6.07, 6.45) is 0. The van der Waals surface area contributed by atoms with E-state index in [0.29, 0.717) is 0 Å². The van der Waals surface area contributed by atoms with Crippen LogP contribution < -0.4 is 5.32 Å². The van der Waals surface area contributed by atoms with Gasteiger partial charge in [-0.1, -0.05) is 67.6 Å². The fourth-order valence-corrected chi connectivity index (χ4v) is 2.57. The van der Waals surface area contributed by atoms with Crippen LogP contribution in [0.3, 0.4) is 0 Å². The van der Waals surface area contributed by atoms with Gasteiger partial charge in [0.25, 0.3) is 0 Å². The van der Waals surface area contributed by atoms with Gasteiger partial charge in [-0.2, -0.15) is 0 Å². The highest BCUT2D eigenvalue weighted by molar-refractivity contribution is 5.36. The third-order valence-corrected chi connectivity index (χ3v) is 3.65. The minimum absolute atomic E-state index is 0.0716. The summed E-state index contributed by atoms with van der Waals surface area (Å²) in [5, 5.41) is 14.5. The Bertz CT molecular complexity index is 456. The standard InChI is InChI=1S/C17H21NO/c1-14(13-18-2)17(19,15-9-5-3-6-10-15)16-11-7-4-8-12-16/h3-12,14,18-19H,13H2,1-2H3/t14-/m1/s1. The maximum absolute atomic E-state index is 11.3. The number of rotatable bonds is 5. The van der Waals surface area contributed by atoms with E-state index >= 15 is 0 Å². The molecule has 0 bridgehead atoms. The summed E-state index contributed by atoms with van der Waals surface area (Å²) in [5.41, 5.74) is 0.902. The molecule has 0 unspecified atom stereocenters. The van der Waals surface area contributed by atoms with Crippen LogP contribution in [0.15, 0.2) is 60.7 Å². The van der Waals surface area contributed by atoms with Crippen LogP contribution in [0.4, 0.5) is 0 Å². The molecule has 2 N–H and O–H groups in total. The molecule has 100 valence electrons. The number of nitrogens with one attached hydrogen (secondary N) is 1. The first-order valence-electron chi connectivity index (χ1n) is 6.67. The predicted molar refractivity (Wildman–Crippen MR) is 79.0 cm³/mol. The van der Waals surface area contributed by atoms with E-state index in [2.05, 4.69) is 12.2 Å². The van der Waals surface area contributed by atoms with Gasteiger partial charge in [0, 0.05) is 12.5 Å². The van der Waals surface area contributed by atoms with Crippen LogP contribution in [-0.2, 0) is 5.60 Å². The third-order valence-electron chi connectivity index (χ3n) is 3.65. The van der Waals surface area contributed by atoms with Crippen LogP contribution in [0, 0.1) is 5.92 Å². The van der Waals surface area contributed by atoms with Crippen molar-refractivity contribution in [2.75, 3.05) is 13.6 Å². The number of hydrogen-bond donors (Lipinski definition) is 2. The lowest BCUT2D eigenvalue weighted by Gasteiger charge is -2.35. The molecule has 0 saturated carbocycles. The van der Waals surface area contributed by atoms with Crippen LogP contribution in [0.25, 0.3) is 0 Å². The zero-order chi connectivity index (χ0) is 13.7. The topological polar surface area (TPSA) is 32.3 Å². The molecule has 0 amide bonds. The first kappa shape index (κ1) is 13.8. The lowest BCUT2D eigenvalue weighted by molar-refractivity contribution is 0.0248. The molecule has 0 fully saturated rings. The molecule has 0 saturated heterocycles. The number of hydrogen-bond acceptors (Lipinski definition) is 2. The maximum atomic E-state index is 11.3. The molecule has 19 heavy (non-hydrogen) atoms. The average molecular weight is 255 g/mol. The van der Waals surface area contributed by atoms with Gasteiger partial charge in [0.05, 0.1) is 0 Å². The van der Waals surface area contributed by atoms with E-state index in [4.69, 9.17) is 0 Å². The molecular formula is C17H21NO. The molecule has 0 heterocycles. The van der Waals surface area contributed by atoms with Gasteiger partial charge < -0.3 is 10.4 Å². The zero-order valence-corrected chi connectivity index (χ0v) is 11.5. The van der Waals surface area contributed by atoms with Crippen molar-refractivity contribution in [3.63, 3.8) is 0 Å². The van der Waals surface area contributed by atoms with E-state index in [9.17, 15) is 5.11 Å². The maximum Gasteiger partial charge on any atom is 0.118 e. The van der Waals surface area contributed by atoms with Crippen LogP contribution in [0.5, 0.6) is 0 Å². The van der Waals surface area contributed by atoms with E-state index in [1.54, 1.807) is 0 Å². The fourth-order valence-electron chi connectivity index (χ4n) is 2.57. The van der Waals surface area contributed by atoms with Gasteiger partial charge in [0.1, 0.15) is 5.60 Å². The Kier molecular flexibility index (Phi) is 4.35. The van der Waals surface area contributed by atoms with Crippen molar-refractivity contribution in [1.29, 1.82) is 0 Å². The molecule has 0 radical (unpaired) electrons. The van der Waals surface area contributed by atoms with Gasteiger partial charge in [-0.15, -0.1) is 0 Å². The number of benzene rings is 2. The Morgan fingerprint density at radius 1 is 0.947 bits per heavy atom. The van der Waals surface area contributed by atoms with E-state index < -0.39 is 5.60 Å². The van der Waals surface area contributed by atoms with Crippen LogP contribution in [0.1, 0.15) is 18.1 Å². The van der Waals surface area contributed by atoms with Crippen molar-refractivity contribution >= 4 is 0 Å². The fraction of sp³-hybridized carbons (Fsp3) is 0.294. The zero-order valence-electron chi connectivity index (χ0n) is 11.5. The van der Waals surface area contributed by atoms with Crippen LogP contribution in [-0.4, -0.2) is 18.7 Å². The molecule has 2 heteroatoms. The van der Waals surface area contributed by atoms with E-state index in [0.717, 1.165) is 17.7 Å². The summed E-state index contributed by atoms with van der Waals surface area (Å²) in [6.45, 7) is 2.82. The largest absolute Gasteiger partial charge is 0.380 e. The van der Waals surface area contributed by atoms with E-state index in [-0.39, 0.29) is 5.92 Å². The van der Waals surface area contributed by atoms with Crippen molar-refractivity contribution in [3.8, 4) is 0 Å². The Morgan fingerprint density at radius 3 is 1.74 bits per heavy atom. The SMILES string of the molecule is CNC[C@@H](C)C(O)(c1ccccc1)c1ccccc1. The first-order chi connectivity index (χ1) is 9.19. The Hall–Kier alpha value is -1.64. The summed E-state index contributed by atoms with van der Waals surface area (Å²) >= 11 is 0. The van der Waals surface area contributed by atoms with Crippen LogP contribution in [0.2, 0.25) is 0 Å². The molecule has 2 rings (SSSR count). The molecule has 2 nitrogen and oxygen atoms in total. The monoisotopic (exact) mass is 255 g/mol. The summed E-state index contributed by atoms with van der Waals surface area (Å²) in [4.78, 5) is 0. The Labute approximate surface area is 115 Å². The Morgan fingerprint density at radius 2 is 1.37 bits per heavy atom. The minimum atomic E-state index is -0.967. The van der Waals surface area contributed by atoms with Gasteiger partial charge in [0.15, 0.2) is 0 Å². The van der Waals surface area contributed by atoms with Crippen LogP contribution >= 0.6 is 0 Å². The lowest BCUT2D eigenvalue weighted by atomic mass is 9.77. The summed E-state index contributed by atoms with van der Waals surface area (Å²) in [5.74, 6) is 0.0716. The van der Waals surface area contributed by atoms with Gasteiger partial charge in [-0.3, -0.25) is 0 Å². The second-order valence-electron chi connectivity index (χ2n) is 4.96. The molecule has 2 aromatic rings. The molecule has 1 atom stereocenters. The molecule has 0 aliphatic heterocycles. The molecule has 0 spiro atoms. The van der Waals surface area contributed by atoms with Gasteiger partial charge in [-0.05, 0) is 18.2 Å². The van der Waals surface area contributed by atoms with Crippen molar-refractivity contribution in [2.45, 2.75) is 12.5 Å². The van der Waals surface area contributed by atoms with Crippen molar-refractivity contribution in [3.05, 3.63) is 71.8 Å². The summed E-state index contributed by atoms with van der Waals surface area (Å²) < 4.78 is 0. The van der Waals surface area contributed by atoms with Gasteiger partial charge in [0.2, 0.25) is 0 Å². The highest BCUT2D eigenvalue weighted by Gasteiger charge is 2.36. The highest BCUT2D eigenvalue weighted by atomic mass is 16.3. The van der Waals surface area contributed by atoms with Gasteiger partial charge in [-0.25, -0.2) is 0 Å². The second kappa shape index (κ2) is 6.00. The highest BCUT2D eigenvalue weighted by Crippen LogP contribution is 2.36. The molecule has 0 aromatic heterocycles. The van der Waals surface area contributed by atoms with E-state index in [1.807, 2.05) is 67.7 Å². The number of aliphatic hydroxyl groups is 1. The Balaban J connectivity index is 2.51. The predicted octanol–water partition coefficient (Wildman–Crippen LogP) is 2.78. The summed E-state index contributed by atoms with van der Waals surface area (Å²) in [7, 11) is 1.91. The summed E-state index contributed by atoms with van der Waals surface area (Å²) in [6, 6.07) is 19.8. The molecule has 0 aliphatic carbocycles. The first-order valence-corrected chi connectivity index (χ1v) is 6.67. The van der Waals surface area contributed by atoms with Crippen molar-refractivity contribution in [1.82, 2.24) is 5.32 Å². The molecular weight excluding hydrogens is 234 g/mol. The minimum Gasteiger partial charge on any atom is -0.380 e. The molecule has 0 aliphatic rings. The second-order valence-corrected chi connectivity index (χ2v) is 4.96. The average Bonchev–Trinajstić information content (AvgIpc) is 2.48. The normalized spacial score (nSPS) is 13.2. The smallest absolute Gasteiger partial charge is 0.118 e. The van der Waals surface area contributed by atoms with E-state index in [1.165, 1.54) is 0 Å². The van der Waals surface area contributed by atoms with Gasteiger partial charge >= 0.3 is 0 Å².